The maximum absolute atomic E-state index is 5.47. The maximum atomic E-state index is 5.47. The average molecular weight is 290 g/mol. The highest BCUT2D eigenvalue weighted by atomic mass is 16.5. The Kier molecular flexibility index (Phi) is 4.29. The van der Waals surface area contributed by atoms with Gasteiger partial charge >= 0.3 is 0 Å². The van der Waals surface area contributed by atoms with Crippen LogP contribution in [0, 0.1) is 6.92 Å². The number of ether oxygens (including phenoxy) is 1. The van der Waals surface area contributed by atoms with E-state index >= 15 is 0 Å². The molecule has 2 heterocycles. The molecule has 0 radical (unpaired) electrons. The van der Waals surface area contributed by atoms with Crippen LogP contribution < -0.4 is 10.2 Å². The molecule has 1 aliphatic heterocycles. The van der Waals surface area contributed by atoms with Crippen LogP contribution in [0.1, 0.15) is 49.9 Å². The number of hydrogen-bond donors (Lipinski definition) is 1. The van der Waals surface area contributed by atoms with Gasteiger partial charge in [-0.2, -0.15) is 0 Å². The van der Waals surface area contributed by atoms with Gasteiger partial charge in [-0.1, -0.05) is 0 Å². The van der Waals surface area contributed by atoms with Gasteiger partial charge in [0.15, 0.2) is 0 Å². The lowest BCUT2D eigenvalue weighted by atomic mass is 10.1. The van der Waals surface area contributed by atoms with Crippen LogP contribution in [0.3, 0.4) is 0 Å². The number of piperidine rings is 1. The predicted octanol–water partition coefficient (Wildman–Crippen LogP) is 2.71. The second-order valence-electron chi connectivity index (χ2n) is 6.11. The highest BCUT2D eigenvalue weighted by Gasteiger charge is 2.30. The number of rotatable bonds is 5. The van der Waals surface area contributed by atoms with Crippen molar-refractivity contribution >= 4 is 11.6 Å². The Morgan fingerprint density at radius 3 is 2.48 bits per heavy atom. The molecule has 2 fully saturated rings. The van der Waals surface area contributed by atoms with Gasteiger partial charge in [0.05, 0.1) is 6.10 Å². The summed E-state index contributed by atoms with van der Waals surface area (Å²) < 4.78 is 5.47. The Morgan fingerprint density at radius 2 is 1.90 bits per heavy atom. The lowest BCUT2D eigenvalue weighted by Crippen LogP contribution is -2.37. The van der Waals surface area contributed by atoms with Crippen molar-refractivity contribution in [3.05, 3.63) is 11.4 Å². The number of nitrogens with zero attached hydrogens (tertiary/aromatic N) is 3. The number of anilines is 2. The van der Waals surface area contributed by atoms with E-state index in [1.54, 1.807) is 0 Å². The molecule has 116 valence electrons. The third kappa shape index (κ3) is 3.12. The lowest BCUT2D eigenvalue weighted by molar-refractivity contribution is 0.0817. The van der Waals surface area contributed by atoms with E-state index in [0.717, 1.165) is 49.9 Å². The third-order valence-corrected chi connectivity index (χ3v) is 4.50. The number of methoxy groups -OCH3 is 1. The first-order chi connectivity index (χ1) is 10.2. The summed E-state index contributed by atoms with van der Waals surface area (Å²) in [5.74, 6) is 3.74. The minimum Gasteiger partial charge on any atom is -0.381 e. The maximum Gasteiger partial charge on any atom is 0.137 e. The largest absolute Gasteiger partial charge is 0.381 e. The standard InChI is InChI=1S/C16H26N4O/c1-4-17-14-11(2)16(19-15(18-14)12-5-6-12)20-9-7-13(21-3)8-10-20/h12-13H,4-10H2,1-3H3,(H,17,18,19). The molecular weight excluding hydrogens is 264 g/mol. The van der Waals surface area contributed by atoms with E-state index in [-0.39, 0.29) is 0 Å². The zero-order valence-corrected chi connectivity index (χ0v) is 13.4. The van der Waals surface area contributed by atoms with Crippen LogP contribution in [-0.4, -0.2) is 42.8 Å². The molecule has 1 saturated heterocycles. The molecule has 1 aromatic heterocycles. The van der Waals surface area contributed by atoms with Gasteiger partial charge in [-0.15, -0.1) is 0 Å². The quantitative estimate of drug-likeness (QED) is 0.903. The molecule has 1 saturated carbocycles. The second-order valence-corrected chi connectivity index (χ2v) is 6.11. The van der Waals surface area contributed by atoms with Crippen molar-refractivity contribution in [1.82, 2.24) is 9.97 Å². The van der Waals surface area contributed by atoms with Crippen LogP contribution in [0.4, 0.5) is 11.6 Å². The highest BCUT2D eigenvalue weighted by molar-refractivity contribution is 5.59. The van der Waals surface area contributed by atoms with E-state index in [9.17, 15) is 0 Å². The van der Waals surface area contributed by atoms with Crippen molar-refractivity contribution in [3.8, 4) is 0 Å². The van der Waals surface area contributed by atoms with Gasteiger partial charge in [0, 0.05) is 38.2 Å². The molecule has 0 bridgehead atoms. The van der Waals surface area contributed by atoms with E-state index in [2.05, 4.69) is 24.1 Å². The summed E-state index contributed by atoms with van der Waals surface area (Å²) in [5.41, 5.74) is 1.18. The minimum absolute atomic E-state index is 0.402. The molecule has 21 heavy (non-hydrogen) atoms. The molecule has 0 unspecified atom stereocenters. The van der Waals surface area contributed by atoms with Gasteiger partial charge in [-0.25, -0.2) is 9.97 Å². The monoisotopic (exact) mass is 290 g/mol. The molecule has 0 aromatic carbocycles. The average Bonchev–Trinajstić information content (AvgIpc) is 3.34. The van der Waals surface area contributed by atoms with Gasteiger partial charge < -0.3 is 15.0 Å². The smallest absolute Gasteiger partial charge is 0.137 e. The van der Waals surface area contributed by atoms with Gasteiger partial charge in [0.25, 0.3) is 0 Å². The molecule has 0 atom stereocenters. The summed E-state index contributed by atoms with van der Waals surface area (Å²) in [6.07, 6.45) is 5.03. The summed E-state index contributed by atoms with van der Waals surface area (Å²) in [4.78, 5) is 12.0. The fourth-order valence-electron chi connectivity index (χ4n) is 3.00. The molecule has 0 spiro atoms. The van der Waals surface area contributed by atoms with Crippen LogP contribution in [0.5, 0.6) is 0 Å². The zero-order valence-electron chi connectivity index (χ0n) is 13.4. The predicted molar refractivity (Wildman–Crippen MR) is 85.2 cm³/mol. The van der Waals surface area contributed by atoms with E-state index < -0.39 is 0 Å². The Hall–Kier alpha value is -1.36. The molecule has 3 rings (SSSR count). The summed E-state index contributed by atoms with van der Waals surface area (Å²) >= 11 is 0. The number of nitrogens with one attached hydrogen (secondary N) is 1. The molecule has 5 heteroatoms. The van der Waals surface area contributed by atoms with Crippen molar-refractivity contribution in [3.63, 3.8) is 0 Å². The molecule has 1 N–H and O–H groups in total. The Balaban J connectivity index is 1.86. The van der Waals surface area contributed by atoms with Crippen LogP contribution in [0.2, 0.25) is 0 Å². The normalized spacial score (nSPS) is 19.9. The van der Waals surface area contributed by atoms with E-state index in [1.807, 2.05) is 7.11 Å². The van der Waals surface area contributed by atoms with Gasteiger partial charge in [0.1, 0.15) is 17.5 Å². The van der Waals surface area contributed by atoms with Gasteiger partial charge in [-0.05, 0) is 39.5 Å². The van der Waals surface area contributed by atoms with Gasteiger partial charge in [-0.3, -0.25) is 0 Å². The molecule has 1 aliphatic carbocycles. The molecule has 1 aromatic rings. The lowest BCUT2D eigenvalue weighted by Gasteiger charge is -2.33. The Morgan fingerprint density at radius 1 is 1.19 bits per heavy atom. The zero-order chi connectivity index (χ0) is 14.8. The highest BCUT2D eigenvalue weighted by Crippen LogP contribution is 2.40. The van der Waals surface area contributed by atoms with Crippen molar-refractivity contribution in [2.24, 2.45) is 0 Å². The van der Waals surface area contributed by atoms with Crippen molar-refractivity contribution in [2.75, 3.05) is 37.0 Å². The first-order valence-electron chi connectivity index (χ1n) is 8.13. The molecule has 2 aliphatic rings. The van der Waals surface area contributed by atoms with Crippen LogP contribution in [0.15, 0.2) is 0 Å². The SMILES string of the molecule is CCNc1nc(C2CC2)nc(N2CCC(OC)CC2)c1C. The summed E-state index contributed by atoms with van der Waals surface area (Å²) in [7, 11) is 1.81. The van der Waals surface area contributed by atoms with Crippen molar-refractivity contribution in [1.29, 1.82) is 0 Å². The molecular formula is C16H26N4O. The number of aromatic nitrogens is 2. The van der Waals surface area contributed by atoms with Crippen molar-refractivity contribution < 1.29 is 4.74 Å². The summed E-state index contributed by atoms with van der Waals surface area (Å²) in [6, 6.07) is 0. The van der Waals surface area contributed by atoms with Crippen LogP contribution in [0.25, 0.3) is 0 Å². The van der Waals surface area contributed by atoms with E-state index in [4.69, 9.17) is 14.7 Å². The molecule has 5 nitrogen and oxygen atoms in total. The van der Waals surface area contributed by atoms with Crippen LogP contribution >= 0.6 is 0 Å². The Bertz CT molecular complexity index is 493. The summed E-state index contributed by atoms with van der Waals surface area (Å²) in [5, 5.41) is 3.40. The topological polar surface area (TPSA) is 50.3 Å². The van der Waals surface area contributed by atoms with Gasteiger partial charge in [0.2, 0.25) is 0 Å². The van der Waals surface area contributed by atoms with Crippen molar-refractivity contribution in [2.45, 2.75) is 51.6 Å². The third-order valence-electron chi connectivity index (χ3n) is 4.50. The fraction of sp³-hybridized carbons (Fsp3) is 0.750. The first kappa shape index (κ1) is 14.6. The second kappa shape index (κ2) is 6.18. The first-order valence-corrected chi connectivity index (χ1v) is 8.13. The van der Waals surface area contributed by atoms with E-state index in [1.165, 1.54) is 18.4 Å². The summed E-state index contributed by atoms with van der Waals surface area (Å²) in [6.45, 7) is 7.18. The Labute approximate surface area is 127 Å². The minimum atomic E-state index is 0.402. The molecule has 0 amide bonds. The fourth-order valence-corrected chi connectivity index (χ4v) is 3.00. The number of hydrogen-bond acceptors (Lipinski definition) is 5. The van der Waals surface area contributed by atoms with Crippen LogP contribution in [-0.2, 0) is 4.74 Å². The van der Waals surface area contributed by atoms with E-state index in [0.29, 0.717) is 12.0 Å².